The first kappa shape index (κ1) is 11.9. The highest BCUT2D eigenvalue weighted by atomic mass is 32.1. The zero-order valence-corrected chi connectivity index (χ0v) is 11.1. The van der Waals surface area contributed by atoms with Crippen molar-refractivity contribution in [1.29, 1.82) is 0 Å². The second-order valence-corrected chi connectivity index (χ2v) is 5.04. The standard InChI is InChI=1S/C15H11NO2S/c1-18-12-4-2-3-10(7-12)15(17)11-8-14-13(16-9-11)5-6-19-14/h2-9H,1H3. The summed E-state index contributed by atoms with van der Waals surface area (Å²) in [5.41, 5.74) is 2.13. The second-order valence-electron chi connectivity index (χ2n) is 4.09. The number of methoxy groups -OCH3 is 1. The number of ether oxygens (including phenoxy) is 1. The van der Waals surface area contributed by atoms with Crippen LogP contribution < -0.4 is 4.74 Å². The zero-order chi connectivity index (χ0) is 13.2. The van der Waals surface area contributed by atoms with Gasteiger partial charge in [-0.3, -0.25) is 9.78 Å². The topological polar surface area (TPSA) is 39.2 Å². The summed E-state index contributed by atoms with van der Waals surface area (Å²) in [4.78, 5) is 16.7. The fourth-order valence-corrected chi connectivity index (χ4v) is 2.68. The van der Waals surface area contributed by atoms with E-state index in [4.69, 9.17) is 4.74 Å². The number of thiophene rings is 1. The Morgan fingerprint density at radius 3 is 2.95 bits per heavy atom. The van der Waals surface area contributed by atoms with Gasteiger partial charge < -0.3 is 4.74 Å². The predicted octanol–water partition coefficient (Wildman–Crippen LogP) is 3.54. The van der Waals surface area contributed by atoms with Crippen molar-refractivity contribution in [3.8, 4) is 5.75 Å². The molecule has 0 amide bonds. The van der Waals surface area contributed by atoms with Crippen LogP contribution in [0.2, 0.25) is 0 Å². The van der Waals surface area contributed by atoms with Gasteiger partial charge in [0.15, 0.2) is 5.78 Å². The molecule has 3 aromatic rings. The van der Waals surface area contributed by atoms with Crippen molar-refractivity contribution in [2.75, 3.05) is 7.11 Å². The maximum absolute atomic E-state index is 12.4. The van der Waals surface area contributed by atoms with E-state index in [-0.39, 0.29) is 5.78 Å². The maximum Gasteiger partial charge on any atom is 0.194 e. The summed E-state index contributed by atoms with van der Waals surface area (Å²) >= 11 is 1.58. The minimum atomic E-state index is -0.0401. The number of fused-ring (bicyclic) bond motifs is 1. The van der Waals surface area contributed by atoms with Gasteiger partial charge in [0.1, 0.15) is 5.75 Å². The Morgan fingerprint density at radius 2 is 2.11 bits per heavy atom. The molecule has 0 aliphatic carbocycles. The number of pyridine rings is 1. The van der Waals surface area contributed by atoms with Crippen LogP contribution in [-0.4, -0.2) is 17.9 Å². The van der Waals surface area contributed by atoms with Gasteiger partial charge in [0.05, 0.1) is 17.3 Å². The van der Waals surface area contributed by atoms with Gasteiger partial charge in [0.2, 0.25) is 0 Å². The van der Waals surface area contributed by atoms with E-state index >= 15 is 0 Å². The third-order valence-corrected chi connectivity index (χ3v) is 3.75. The minimum absolute atomic E-state index is 0.0401. The van der Waals surface area contributed by atoms with Crippen LogP contribution in [0.1, 0.15) is 15.9 Å². The monoisotopic (exact) mass is 269 g/mol. The molecule has 0 aliphatic rings. The van der Waals surface area contributed by atoms with Crippen molar-refractivity contribution >= 4 is 27.3 Å². The van der Waals surface area contributed by atoms with E-state index in [0.717, 1.165) is 10.2 Å². The summed E-state index contributed by atoms with van der Waals surface area (Å²) in [5, 5.41) is 1.97. The van der Waals surface area contributed by atoms with Crippen molar-refractivity contribution in [2.45, 2.75) is 0 Å². The maximum atomic E-state index is 12.4. The molecule has 0 fully saturated rings. The summed E-state index contributed by atoms with van der Waals surface area (Å²) < 4.78 is 6.15. The van der Waals surface area contributed by atoms with E-state index < -0.39 is 0 Å². The Bertz CT molecular complexity index is 748. The van der Waals surface area contributed by atoms with E-state index in [0.29, 0.717) is 16.9 Å². The van der Waals surface area contributed by atoms with E-state index in [1.807, 2.05) is 29.6 Å². The number of hydrogen-bond donors (Lipinski definition) is 0. The van der Waals surface area contributed by atoms with Gasteiger partial charge >= 0.3 is 0 Å². The number of benzene rings is 1. The Labute approximate surface area is 114 Å². The number of nitrogens with zero attached hydrogens (tertiary/aromatic N) is 1. The third-order valence-electron chi connectivity index (χ3n) is 2.90. The molecular weight excluding hydrogens is 258 g/mol. The lowest BCUT2D eigenvalue weighted by Gasteiger charge is -2.04. The molecule has 0 aliphatic heterocycles. The van der Waals surface area contributed by atoms with Gasteiger partial charge in [0.25, 0.3) is 0 Å². The van der Waals surface area contributed by atoms with Crippen molar-refractivity contribution in [2.24, 2.45) is 0 Å². The zero-order valence-electron chi connectivity index (χ0n) is 10.3. The fourth-order valence-electron chi connectivity index (χ4n) is 1.90. The van der Waals surface area contributed by atoms with Crippen molar-refractivity contribution < 1.29 is 9.53 Å². The van der Waals surface area contributed by atoms with Gasteiger partial charge in [-0.25, -0.2) is 0 Å². The van der Waals surface area contributed by atoms with E-state index in [1.54, 1.807) is 36.8 Å². The molecule has 1 aromatic carbocycles. The first-order valence-electron chi connectivity index (χ1n) is 5.80. The lowest BCUT2D eigenvalue weighted by Crippen LogP contribution is -2.02. The van der Waals surface area contributed by atoms with Gasteiger partial charge in [-0.2, -0.15) is 0 Å². The van der Waals surface area contributed by atoms with E-state index in [1.165, 1.54) is 0 Å². The van der Waals surface area contributed by atoms with Gasteiger partial charge in [-0.05, 0) is 29.6 Å². The molecule has 0 N–H and O–H groups in total. The lowest BCUT2D eigenvalue weighted by atomic mass is 10.0. The van der Waals surface area contributed by atoms with Crippen LogP contribution in [-0.2, 0) is 0 Å². The minimum Gasteiger partial charge on any atom is -0.497 e. The van der Waals surface area contributed by atoms with Crippen LogP contribution >= 0.6 is 11.3 Å². The summed E-state index contributed by atoms with van der Waals surface area (Å²) in [6, 6.07) is 11.0. The van der Waals surface area contributed by atoms with Crippen molar-refractivity contribution in [3.05, 3.63) is 59.1 Å². The first-order chi connectivity index (χ1) is 9.28. The quantitative estimate of drug-likeness (QED) is 0.683. The molecule has 94 valence electrons. The van der Waals surface area contributed by atoms with Gasteiger partial charge in [-0.15, -0.1) is 11.3 Å². The largest absolute Gasteiger partial charge is 0.497 e. The van der Waals surface area contributed by atoms with Crippen molar-refractivity contribution in [3.63, 3.8) is 0 Å². The number of rotatable bonds is 3. The van der Waals surface area contributed by atoms with Crippen LogP contribution in [0.15, 0.2) is 48.0 Å². The van der Waals surface area contributed by atoms with Crippen LogP contribution in [0.4, 0.5) is 0 Å². The summed E-state index contributed by atoms with van der Waals surface area (Å²) in [6.45, 7) is 0. The molecule has 0 radical (unpaired) electrons. The number of carbonyl (C=O) groups is 1. The molecular formula is C15H11NO2S. The molecule has 0 saturated heterocycles. The van der Waals surface area contributed by atoms with Crippen LogP contribution in [0, 0.1) is 0 Å². The lowest BCUT2D eigenvalue weighted by molar-refractivity contribution is 0.103. The van der Waals surface area contributed by atoms with Crippen LogP contribution in [0.5, 0.6) is 5.75 Å². The molecule has 3 rings (SSSR count). The number of ketones is 1. The molecule has 2 aromatic heterocycles. The average molecular weight is 269 g/mol. The molecule has 4 heteroatoms. The summed E-state index contributed by atoms with van der Waals surface area (Å²) in [6.07, 6.45) is 1.62. The van der Waals surface area contributed by atoms with Crippen LogP contribution in [0.25, 0.3) is 10.2 Å². The Kier molecular flexibility index (Phi) is 3.01. The molecule has 19 heavy (non-hydrogen) atoms. The predicted molar refractivity (Wildman–Crippen MR) is 76.0 cm³/mol. The smallest absolute Gasteiger partial charge is 0.194 e. The fraction of sp³-hybridized carbons (Fsp3) is 0.0667. The molecule has 0 saturated carbocycles. The molecule has 3 nitrogen and oxygen atoms in total. The first-order valence-corrected chi connectivity index (χ1v) is 6.68. The van der Waals surface area contributed by atoms with Gasteiger partial charge in [0, 0.05) is 17.3 Å². The van der Waals surface area contributed by atoms with Gasteiger partial charge in [-0.1, -0.05) is 12.1 Å². The summed E-state index contributed by atoms with van der Waals surface area (Å²) in [5.74, 6) is 0.637. The number of aromatic nitrogens is 1. The SMILES string of the molecule is COc1cccc(C(=O)c2cnc3ccsc3c2)c1. The molecule has 0 spiro atoms. The Hall–Kier alpha value is -2.20. The van der Waals surface area contributed by atoms with E-state index in [2.05, 4.69) is 4.98 Å². The third kappa shape index (κ3) is 2.22. The number of carbonyl (C=O) groups excluding carboxylic acids is 1. The Balaban J connectivity index is 2.02. The molecule has 0 unspecified atom stereocenters. The second kappa shape index (κ2) is 4.82. The van der Waals surface area contributed by atoms with E-state index in [9.17, 15) is 4.79 Å². The number of hydrogen-bond acceptors (Lipinski definition) is 4. The highest BCUT2D eigenvalue weighted by molar-refractivity contribution is 7.17. The summed E-state index contributed by atoms with van der Waals surface area (Å²) in [7, 11) is 1.59. The average Bonchev–Trinajstić information content (AvgIpc) is 2.94. The molecule has 0 atom stereocenters. The normalized spacial score (nSPS) is 10.6. The van der Waals surface area contributed by atoms with Crippen molar-refractivity contribution in [1.82, 2.24) is 4.98 Å². The Morgan fingerprint density at radius 1 is 1.21 bits per heavy atom. The highest BCUT2D eigenvalue weighted by Crippen LogP contribution is 2.22. The molecule has 0 bridgehead atoms. The highest BCUT2D eigenvalue weighted by Gasteiger charge is 2.11. The molecule has 2 heterocycles. The van der Waals surface area contributed by atoms with Crippen LogP contribution in [0.3, 0.4) is 0 Å².